The number of ether oxygens (including phenoxy) is 4. The topological polar surface area (TPSA) is 78.9 Å². The first-order chi connectivity index (χ1) is 16.1. The van der Waals surface area contributed by atoms with E-state index in [0.717, 1.165) is 22.6 Å². The second-order valence-electron chi connectivity index (χ2n) is 7.47. The Bertz CT molecular complexity index is 1010. The van der Waals surface area contributed by atoms with Crippen LogP contribution in [0.2, 0.25) is 0 Å². The fraction of sp³-hybridized carbons (Fsp3) is 0.308. The molecular weight excluding hydrogens is 420 g/mol. The third-order valence-corrected chi connectivity index (χ3v) is 5.09. The lowest BCUT2D eigenvalue weighted by molar-refractivity contribution is -0.121. The summed E-state index contributed by atoms with van der Waals surface area (Å²) in [5, 5.41) is 3.02. The molecule has 3 rings (SSSR count). The number of rotatable bonds is 12. The SMILES string of the molecule is COc1ccc(OCCCC(=O)NC(C)c2ccc(OCc3ccncc3)c(OC)c2)cc1. The van der Waals surface area contributed by atoms with E-state index in [2.05, 4.69) is 10.3 Å². The number of methoxy groups -OCH3 is 2. The second-order valence-corrected chi connectivity index (χ2v) is 7.47. The van der Waals surface area contributed by atoms with Crippen molar-refractivity contribution in [3.05, 3.63) is 78.1 Å². The number of aromatic nitrogens is 1. The van der Waals surface area contributed by atoms with Gasteiger partial charge in [0.25, 0.3) is 0 Å². The van der Waals surface area contributed by atoms with Crippen LogP contribution in [0.25, 0.3) is 0 Å². The normalized spacial score (nSPS) is 11.4. The highest BCUT2D eigenvalue weighted by molar-refractivity contribution is 5.76. The van der Waals surface area contributed by atoms with Crippen LogP contribution in [-0.4, -0.2) is 31.7 Å². The smallest absolute Gasteiger partial charge is 0.220 e. The number of nitrogens with one attached hydrogen (secondary N) is 1. The zero-order valence-corrected chi connectivity index (χ0v) is 19.2. The van der Waals surface area contributed by atoms with E-state index in [9.17, 15) is 4.79 Å². The fourth-order valence-corrected chi connectivity index (χ4v) is 3.20. The number of pyridine rings is 1. The van der Waals surface area contributed by atoms with Crippen molar-refractivity contribution in [3.8, 4) is 23.0 Å². The molecule has 174 valence electrons. The Balaban J connectivity index is 1.45. The molecule has 33 heavy (non-hydrogen) atoms. The van der Waals surface area contributed by atoms with E-state index in [4.69, 9.17) is 18.9 Å². The molecule has 0 bridgehead atoms. The molecule has 0 aliphatic rings. The molecule has 0 saturated heterocycles. The molecule has 0 aliphatic heterocycles. The third-order valence-electron chi connectivity index (χ3n) is 5.09. The molecule has 0 aliphatic carbocycles. The van der Waals surface area contributed by atoms with Crippen LogP contribution in [0.1, 0.15) is 36.9 Å². The second kappa shape index (κ2) is 12.3. The van der Waals surface area contributed by atoms with E-state index in [1.807, 2.05) is 61.5 Å². The monoisotopic (exact) mass is 450 g/mol. The minimum atomic E-state index is -0.164. The molecule has 7 nitrogen and oxygen atoms in total. The molecule has 1 N–H and O–H groups in total. The number of hydrogen-bond acceptors (Lipinski definition) is 6. The molecular formula is C26H30N2O5. The van der Waals surface area contributed by atoms with Gasteiger partial charge in [0.2, 0.25) is 5.91 Å². The molecule has 0 saturated carbocycles. The minimum Gasteiger partial charge on any atom is -0.497 e. The summed E-state index contributed by atoms with van der Waals surface area (Å²) in [4.78, 5) is 16.4. The number of hydrogen-bond donors (Lipinski definition) is 1. The van der Waals surface area contributed by atoms with Gasteiger partial charge in [-0.2, -0.15) is 0 Å². The Hall–Kier alpha value is -3.74. The lowest BCUT2D eigenvalue weighted by atomic mass is 10.1. The van der Waals surface area contributed by atoms with Gasteiger partial charge in [-0.15, -0.1) is 0 Å². The molecule has 0 fully saturated rings. The predicted molar refractivity (Wildman–Crippen MR) is 126 cm³/mol. The van der Waals surface area contributed by atoms with Crippen molar-refractivity contribution in [2.45, 2.75) is 32.4 Å². The lowest BCUT2D eigenvalue weighted by Gasteiger charge is -2.17. The van der Waals surface area contributed by atoms with Gasteiger partial charge in [-0.25, -0.2) is 0 Å². The average molecular weight is 451 g/mol. The summed E-state index contributed by atoms with van der Waals surface area (Å²) in [6.45, 7) is 2.83. The molecule has 3 aromatic rings. The summed E-state index contributed by atoms with van der Waals surface area (Å²) < 4.78 is 22.2. The first-order valence-electron chi connectivity index (χ1n) is 10.8. The molecule has 2 aromatic carbocycles. The van der Waals surface area contributed by atoms with Crippen LogP contribution in [0.15, 0.2) is 67.0 Å². The Labute approximate surface area is 194 Å². The fourth-order valence-electron chi connectivity index (χ4n) is 3.20. The van der Waals surface area contributed by atoms with Crippen LogP contribution in [0.5, 0.6) is 23.0 Å². The Morgan fingerprint density at radius 1 is 0.909 bits per heavy atom. The zero-order valence-electron chi connectivity index (χ0n) is 19.2. The highest BCUT2D eigenvalue weighted by Gasteiger charge is 2.13. The Morgan fingerprint density at radius 3 is 2.33 bits per heavy atom. The van der Waals surface area contributed by atoms with Crippen molar-refractivity contribution in [3.63, 3.8) is 0 Å². The van der Waals surface area contributed by atoms with Gasteiger partial charge in [0.1, 0.15) is 18.1 Å². The molecule has 1 unspecified atom stereocenters. The first-order valence-corrected chi connectivity index (χ1v) is 10.8. The van der Waals surface area contributed by atoms with E-state index in [-0.39, 0.29) is 11.9 Å². The number of nitrogens with zero attached hydrogens (tertiary/aromatic N) is 1. The Morgan fingerprint density at radius 2 is 1.64 bits per heavy atom. The lowest BCUT2D eigenvalue weighted by Crippen LogP contribution is -2.26. The average Bonchev–Trinajstić information content (AvgIpc) is 2.86. The van der Waals surface area contributed by atoms with E-state index in [1.54, 1.807) is 26.6 Å². The van der Waals surface area contributed by atoms with Gasteiger partial charge in [0.15, 0.2) is 11.5 Å². The zero-order chi connectivity index (χ0) is 23.5. The van der Waals surface area contributed by atoms with E-state index in [1.165, 1.54) is 0 Å². The van der Waals surface area contributed by atoms with Crippen molar-refractivity contribution in [1.82, 2.24) is 10.3 Å². The predicted octanol–water partition coefficient (Wildman–Crippen LogP) is 4.71. The maximum absolute atomic E-state index is 12.4. The highest BCUT2D eigenvalue weighted by Crippen LogP contribution is 2.31. The van der Waals surface area contributed by atoms with Crippen molar-refractivity contribution in [2.24, 2.45) is 0 Å². The Kier molecular flexibility index (Phi) is 8.94. The molecule has 1 heterocycles. The van der Waals surface area contributed by atoms with Crippen molar-refractivity contribution < 1.29 is 23.7 Å². The van der Waals surface area contributed by atoms with Gasteiger partial charge >= 0.3 is 0 Å². The summed E-state index contributed by atoms with van der Waals surface area (Å²) in [5.41, 5.74) is 1.96. The van der Waals surface area contributed by atoms with E-state index in [0.29, 0.717) is 37.6 Å². The summed E-state index contributed by atoms with van der Waals surface area (Å²) in [6.07, 6.45) is 4.46. The number of amides is 1. The molecule has 0 radical (unpaired) electrons. The summed E-state index contributed by atoms with van der Waals surface area (Å²) >= 11 is 0. The van der Waals surface area contributed by atoms with Crippen LogP contribution in [0, 0.1) is 0 Å². The molecule has 1 atom stereocenters. The van der Waals surface area contributed by atoms with Gasteiger partial charge in [-0.1, -0.05) is 6.07 Å². The number of carbonyl (C=O) groups is 1. The molecule has 7 heteroatoms. The summed E-state index contributed by atoms with van der Waals surface area (Å²) in [6, 6.07) is 16.7. The van der Waals surface area contributed by atoms with Crippen LogP contribution in [-0.2, 0) is 11.4 Å². The maximum atomic E-state index is 12.4. The van der Waals surface area contributed by atoms with E-state index < -0.39 is 0 Å². The minimum absolute atomic E-state index is 0.0298. The van der Waals surface area contributed by atoms with Gasteiger partial charge < -0.3 is 24.3 Å². The van der Waals surface area contributed by atoms with Crippen molar-refractivity contribution in [1.29, 1.82) is 0 Å². The van der Waals surface area contributed by atoms with Gasteiger partial charge in [0, 0.05) is 18.8 Å². The van der Waals surface area contributed by atoms with Crippen LogP contribution in [0.3, 0.4) is 0 Å². The highest BCUT2D eigenvalue weighted by atomic mass is 16.5. The quantitative estimate of drug-likeness (QED) is 0.403. The van der Waals surface area contributed by atoms with Crippen LogP contribution < -0.4 is 24.3 Å². The van der Waals surface area contributed by atoms with Crippen LogP contribution >= 0.6 is 0 Å². The van der Waals surface area contributed by atoms with Crippen molar-refractivity contribution in [2.75, 3.05) is 20.8 Å². The summed E-state index contributed by atoms with van der Waals surface area (Å²) in [7, 11) is 3.22. The standard InChI is InChI=1S/C26H30N2O5/c1-19(28-26(29)5-4-16-32-23-9-7-22(30-2)8-10-23)21-6-11-24(25(17-21)31-3)33-18-20-12-14-27-15-13-20/h6-15,17,19H,4-5,16,18H2,1-3H3,(H,28,29). The number of carbonyl (C=O) groups excluding carboxylic acids is 1. The maximum Gasteiger partial charge on any atom is 0.220 e. The van der Waals surface area contributed by atoms with Gasteiger partial charge in [0.05, 0.1) is 26.9 Å². The third kappa shape index (κ3) is 7.42. The first kappa shape index (κ1) is 23.9. The molecule has 1 aromatic heterocycles. The van der Waals surface area contributed by atoms with Gasteiger partial charge in [-0.3, -0.25) is 9.78 Å². The van der Waals surface area contributed by atoms with Gasteiger partial charge in [-0.05, 0) is 73.0 Å². The molecule has 1 amide bonds. The largest absolute Gasteiger partial charge is 0.497 e. The van der Waals surface area contributed by atoms with Crippen molar-refractivity contribution >= 4 is 5.91 Å². The van der Waals surface area contributed by atoms with Crippen LogP contribution in [0.4, 0.5) is 0 Å². The number of benzene rings is 2. The van der Waals surface area contributed by atoms with E-state index >= 15 is 0 Å². The summed E-state index contributed by atoms with van der Waals surface area (Å²) in [5.74, 6) is 2.77. The molecule has 0 spiro atoms.